The summed E-state index contributed by atoms with van der Waals surface area (Å²) in [7, 11) is 0. The molecule has 1 amide bonds. The van der Waals surface area contributed by atoms with E-state index in [9.17, 15) is 4.79 Å². The number of carbonyl (C=O) groups is 1. The molecule has 0 aliphatic rings. The van der Waals surface area contributed by atoms with Gasteiger partial charge in [-0.25, -0.2) is 0 Å². The molecule has 1 aromatic carbocycles. The van der Waals surface area contributed by atoms with Gasteiger partial charge in [0.1, 0.15) is 0 Å². The number of nitrogens with one attached hydrogen (secondary N) is 1. The summed E-state index contributed by atoms with van der Waals surface area (Å²) in [6, 6.07) is 5.88. The van der Waals surface area contributed by atoms with E-state index in [-0.39, 0.29) is 11.8 Å². The molecule has 0 aromatic heterocycles. The average Bonchev–Trinajstić information content (AvgIpc) is 2.47. The number of hydrogen-bond donors (Lipinski definition) is 1. The first-order chi connectivity index (χ1) is 10.8. The van der Waals surface area contributed by atoms with Gasteiger partial charge in [-0.05, 0) is 37.0 Å². The lowest BCUT2D eigenvalue weighted by molar-refractivity contribution is -0.116. The number of benzene rings is 1. The highest BCUT2D eigenvalue weighted by molar-refractivity contribution is 6.09. The molecule has 23 heavy (non-hydrogen) atoms. The maximum Gasteiger partial charge on any atom is 0.228 e. The molecule has 122 valence electrons. The Morgan fingerprint density at radius 1 is 1.35 bits per heavy atom. The fraction of sp³-hybridized carbons (Fsp3) is 0.316. The van der Waals surface area contributed by atoms with Crippen molar-refractivity contribution in [1.29, 1.82) is 5.41 Å². The maximum absolute atomic E-state index is 12.1. The Hall–Kier alpha value is -2.49. The Morgan fingerprint density at radius 3 is 2.43 bits per heavy atom. The second-order valence-electron chi connectivity index (χ2n) is 5.65. The molecule has 0 bridgehead atoms. The zero-order chi connectivity index (χ0) is 17.6. The summed E-state index contributed by atoms with van der Waals surface area (Å²) < 4.78 is 0. The molecule has 0 saturated carbocycles. The summed E-state index contributed by atoms with van der Waals surface area (Å²) >= 11 is 0. The van der Waals surface area contributed by atoms with E-state index in [0.29, 0.717) is 11.3 Å². The van der Waals surface area contributed by atoms with Gasteiger partial charge in [0.2, 0.25) is 5.91 Å². The molecule has 0 saturated heterocycles. The van der Waals surface area contributed by atoms with E-state index in [2.05, 4.69) is 25.4 Å². The lowest BCUT2D eigenvalue weighted by atomic mass is 9.96. The number of allylic oxidation sites excluding steroid dienone is 2. The lowest BCUT2D eigenvalue weighted by Gasteiger charge is -2.26. The number of anilines is 1. The van der Waals surface area contributed by atoms with E-state index in [0.717, 1.165) is 16.8 Å². The van der Waals surface area contributed by atoms with E-state index in [1.807, 2.05) is 32.0 Å². The second-order valence-corrected chi connectivity index (χ2v) is 5.65. The van der Waals surface area contributed by atoms with Gasteiger partial charge in [0.15, 0.2) is 0 Å². The van der Waals surface area contributed by atoms with Crippen LogP contribution in [-0.2, 0) is 4.79 Å². The first kappa shape index (κ1) is 18.6. The van der Waals surface area contributed by atoms with Crippen molar-refractivity contribution < 1.29 is 4.79 Å². The Balaban J connectivity index is 3.58. The van der Waals surface area contributed by atoms with Crippen molar-refractivity contribution in [2.45, 2.75) is 40.5 Å². The van der Waals surface area contributed by atoms with Crippen molar-refractivity contribution in [3.8, 4) is 0 Å². The number of amides is 1. The lowest BCUT2D eigenvalue weighted by Crippen LogP contribution is -2.27. The third kappa shape index (κ3) is 4.49. The third-order valence-electron chi connectivity index (χ3n) is 3.44. The van der Waals surface area contributed by atoms with Gasteiger partial charge in [-0.1, -0.05) is 32.6 Å². The Labute approximate surface area is 138 Å². The number of aliphatic imine (C=N–C) groups is 1. The fourth-order valence-electron chi connectivity index (χ4n) is 2.40. The molecule has 4 nitrogen and oxygen atoms in total. The summed E-state index contributed by atoms with van der Waals surface area (Å²) in [4.78, 5) is 17.8. The summed E-state index contributed by atoms with van der Waals surface area (Å²) in [5.74, 6) is 0.185. The minimum atomic E-state index is -0.0801. The molecular formula is C19H25N3O. The molecule has 1 N–H and O–H groups in total. The van der Waals surface area contributed by atoms with Crippen molar-refractivity contribution >= 4 is 29.6 Å². The monoisotopic (exact) mass is 311 g/mol. The highest BCUT2D eigenvalue weighted by Gasteiger charge is 2.19. The van der Waals surface area contributed by atoms with Gasteiger partial charge >= 0.3 is 0 Å². The SMILES string of the molecule is C=C(C)N(C(C)=O)c1cc(/C(C=N)=C/N=C/C)ccc1C(C)C. The van der Waals surface area contributed by atoms with E-state index < -0.39 is 0 Å². The van der Waals surface area contributed by atoms with Crippen molar-refractivity contribution in [3.05, 3.63) is 47.8 Å². The van der Waals surface area contributed by atoms with E-state index in [1.165, 1.54) is 13.1 Å². The first-order valence-electron chi connectivity index (χ1n) is 7.62. The van der Waals surface area contributed by atoms with Crippen LogP contribution in [0, 0.1) is 5.41 Å². The van der Waals surface area contributed by atoms with E-state index in [4.69, 9.17) is 5.41 Å². The molecule has 1 aromatic rings. The van der Waals surface area contributed by atoms with Gasteiger partial charge < -0.3 is 5.41 Å². The van der Waals surface area contributed by atoms with Gasteiger partial charge in [-0.15, -0.1) is 0 Å². The Morgan fingerprint density at radius 2 is 2.00 bits per heavy atom. The minimum absolute atomic E-state index is 0.0801. The molecular weight excluding hydrogens is 286 g/mol. The molecule has 0 fully saturated rings. The zero-order valence-electron chi connectivity index (χ0n) is 14.6. The van der Waals surface area contributed by atoms with Crippen LogP contribution in [0.5, 0.6) is 0 Å². The number of rotatable bonds is 6. The second kappa shape index (κ2) is 8.22. The molecule has 0 aliphatic carbocycles. The highest BCUT2D eigenvalue weighted by atomic mass is 16.2. The molecule has 0 atom stereocenters. The van der Waals surface area contributed by atoms with Crippen LogP contribution in [0.4, 0.5) is 5.69 Å². The normalized spacial score (nSPS) is 11.8. The van der Waals surface area contributed by atoms with Crippen LogP contribution in [0.1, 0.15) is 51.7 Å². The average molecular weight is 311 g/mol. The van der Waals surface area contributed by atoms with Crippen molar-refractivity contribution in [1.82, 2.24) is 0 Å². The van der Waals surface area contributed by atoms with Crippen molar-refractivity contribution in [3.63, 3.8) is 0 Å². The van der Waals surface area contributed by atoms with Crippen LogP contribution in [-0.4, -0.2) is 18.3 Å². The van der Waals surface area contributed by atoms with Crippen LogP contribution < -0.4 is 4.90 Å². The Kier molecular flexibility index (Phi) is 6.64. The number of hydrogen-bond acceptors (Lipinski definition) is 3. The highest BCUT2D eigenvalue weighted by Crippen LogP contribution is 2.32. The summed E-state index contributed by atoms with van der Waals surface area (Å²) in [5, 5.41) is 7.60. The van der Waals surface area contributed by atoms with Crippen LogP contribution >= 0.6 is 0 Å². The van der Waals surface area contributed by atoms with Crippen LogP contribution in [0.3, 0.4) is 0 Å². The summed E-state index contributed by atoms with van der Waals surface area (Å²) in [6.07, 6.45) is 4.57. The molecule has 0 heterocycles. The zero-order valence-corrected chi connectivity index (χ0v) is 14.6. The van der Waals surface area contributed by atoms with Crippen LogP contribution in [0.15, 0.2) is 41.7 Å². The predicted octanol–water partition coefficient (Wildman–Crippen LogP) is 4.78. The summed E-state index contributed by atoms with van der Waals surface area (Å²) in [6.45, 7) is 13.3. The number of nitrogens with zero attached hydrogens (tertiary/aromatic N) is 2. The van der Waals surface area contributed by atoms with Crippen molar-refractivity contribution in [2.75, 3.05) is 4.90 Å². The largest absolute Gasteiger partial charge is 0.308 e. The summed E-state index contributed by atoms with van der Waals surface area (Å²) in [5.41, 5.74) is 4.08. The van der Waals surface area contributed by atoms with Gasteiger partial charge in [-0.3, -0.25) is 14.7 Å². The van der Waals surface area contributed by atoms with Gasteiger partial charge in [0.05, 0.1) is 5.69 Å². The quantitative estimate of drug-likeness (QED) is 0.755. The van der Waals surface area contributed by atoms with Crippen LogP contribution in [0.25, 0.3) is 5.57 Å². The standard InChI is InChI=1S/C19H25N3O/c1-7-21-12-17(11-20)16-8-9-18(13(2)3)19(10-16)22(14(4)5)15(6)23/h7-13,20H,4H2,1-3,5-6H3/b17-12+,20-11?,21-7+. The Bertz CT molecular complexity index is 655. The molecule has 0 aliphatic heterocycles. The topological polar surface area (TPSA) is 56.5 Å². The third-order valence-corrected chi connectivity index (χ3v) is 3.44. The van der Waals surface area contributed by atoms with Gasteiger partial charge in [-0.2, -0.15) is 0 Å². The molecule has 0 radical (unpaired) electrons. The van der Waals surface area contributed by atoms with Gasteiger partial charge in [0, 0.05) is 36.8 Å². The number of carbonyl (C=O) groups excluding carboxylic acids is 1. The smallest absolute Gasteiger partial charge is 0.228 e. The molecule has 4 heteroatoms. The predicted molar refractivity (Wildman–Crippen MR) is 99.4 cm³/mol. The molecule has 0 unspecified atom stereocenters. The van der Waals surface area contributed by atoms with E-state index in [1.54, 1.807) is 17.3 Å². The minimum Gasteiger partial charge on any atom is -0.308 e. The van der Waals surface area contributed by atoms with Gasteiger partial charge in [0.25, 0.3) is 0 Å². The van der Waals surface area contributed by atoms with Crippen molar-refractivity contribution in [2.24, 2.45) is 4.99 Å². The molecule has 0 spiro atoms. The van der Waals surface area contributed by atoms with Crippen LogP contribution in [0.2, 0.25) is 0 Å². The first-order valence-corrected chi connectivity index (χ1v) is 7.62. The van der Waals surface area contributed by atoms with E-state index >= 15 is 0 Å². The fourth-order valence-corrected chi connectivity index (χ4v) is 2.40. The molecule has 1 rings (SSSR count). The maximum atomic E-state index is 12.1.